The second-order valence-electron chi connectivity index (χ2n) is 11.1. The summed E-state index contributed by atoms with van der Waals surface area (Å²) in [6.07, 6.45) is -0.343. The van der Waals surface area contributed by atoms with Crippen molar-refractivity contribution in [2.45, 2.75) is 44.0 Å². The molecular weight excluding hydrogens is 496 g/mol. The van der Waals surface area contributed by atoms with Crippen molar-refractivity contribution in [3.63, 3.8) is 0 Å². The molecule has 3 aromatic carbocycles. The van der Waals surface area contributed by atoms with Crippen molar-refractivity contribution in [3.8, 4) is 0 Å². The van der Waals surface area contributed by atoms with Crippen molar-refractivity contribution in [3.05, 3.63) is 59.7 Å². The molecule has 0 aliphatic carbocycles. The van der Waals surface area contributed by atoms with E-state index in [0.29, 0.717) is 13.0 Å². The lowest BCUT2D eigenvalue weighted by Gasteiger charge is -2.50. The van der Waals surface area contributed by atoms with Gasteiger partial charge in [-0.05, 0) is 31.7 Å². The van der Waals surface area contributed by atoms with E-state index in [1.807, 2.05) is 36.2 Å². The van der Waals surface area contributed by atoms with Gasteiger partial charge in [0, 0.05) is 47.7 Å². The van der Waals surface area contributed by atoms with E-state index >= 15 is 0 Å². The Bertz CT molecular complexity index is 1900. The molecule has 5 aromatic rings. The van der Waals surface area contributed by atoms with Gasteiger partial charge in [-0.1, -0.05) is 36.4 Å². The van der Waals surface area contributed by atoms with Crippen molar-refractivity contribution in [2.24, 2.45) is 0 Å². The number of hydrogen-bond acceptors (Lipinski definition) is 5. The first-order chi connectivity index (χ1) is 18.8. The molecule has 0 radical (unpaired) electrons. The van der Waals surface area contributed by atoms with E-state index in [9.17, 15) is 14.7 Å². The molecule has 1 saturated heterocycles. The van der Waals surface area contributed by atoms with Crippen LogP contribution in [0.1, 0.15) is 35.5 Å². The number of aliphatic carboxylic acids is 1. The van der Waals surface area contributed by atoms with Crippen LogP contribution >= 0.6 is 0 Å². The maximum Gasteiger partial charge on any atom is 0.317 e. The van der Waals surface area contributed by atoms with Crippen LogP contribution in [0, 0.1) is 0 Å². The molecule has 2 N–H and O–H groups in total. The van der Waals surface area contributed by atoms with E-state index in [1.54, 1.807) is 7.11 Å². The van der Waals surface area contributed by atoms with Gasteiger partial charge in [-0.25, -0.2) is 0 Å². The third kappa shape index (κ3) is 2.69. The smallest absolute Gasteiger partial charge is 0.317 e. The number of methoxy groups -OCH3 is 1. The first-order valence-corrected chi connectivity index (χ1v) is 13.3. The molecular formula is C30H28N4O5. The monoisotopic (exact) mass is 524 g/mol. The van der Waals surface area contributed by atoms with Crippen LogP contribution in [0.15, 0.2) is 48.5 Å². The fourth-order valence-electron chi connectivity index (χ4n) is 7.77. The Morgan fingerprint density at radius 1 is 1.13 bits per heavy atom. The minimum Gasteiger partial charge on any atom is -0.480 e. The molecule has 9 nitrogen and oxygen atoms in total. The van der Waals surface area contributed by atoms with Gasteiger partial charge < -0.3 is 29.0 Å². The Morgan fingerprint density at radius 2 is 1.82 bits per heavy atom. The Kier molecular flexibility index (Phi) is 4.48. The summed E-state index contributed by atoms with van der Waals surface area (Å²) in [5.41, 5.74) is 4.75. The highest BCUT2D eigenvalue weighted by Crippen LogP contribution is 2.54. The molecule has 9 heteroatoms. The number of amides is 1. The van der Waals surface area contributed by atoms with Gasteiger partial charge >= 0.3 is 5.97 Å². The van der Waals surface area contributed by atoms with Crippen LogP contribution in [0.2, 0.25) is 0 Å². The second kappa shape index (κ2) is 7.59. The van der Waals surface area contributed by atoms with E-state index < -0.39 is 24.0 Å². The van der Waals surface area contributed by atoms with Crippen LogP contribution in [0.4, 0.5) is 0 Å². The molecule has 39 heavy (non-hydrogen) atoms. The van der Waals surface area contributed by atoms with Crippen LogP contribution in [0.5, 0.6) is 0 Å². The van der Waals surface area contributed by atoms with Crippen LogP contribution < -0.4 is 5.32 Å². The topological polar surface area (TPSA) is 98.0 Å². The number of hydrogen-bond donors (Lipinski definition) is 2. The molecule has 3 aliphatic heterocycles. The molecule has 4 atom stereocenters. The van der Waals surface area contributed by atoms with Gasteiger partial charge in [0.1, 0.15) is 12.3 Å². The number of carbonyl (C=O) groups is 2. The molecule has 1 amide bonds. The molecule has 8 rings (SSSR count). The number of likely N-dealkylation sites (N-methyl/N-ethyl adjacent to an activating group) is 1. The minimum atomic E-state index is -0.965. The molecule has 198 valence electrons. The first-order valence-electron chi connectivity index (χ1n) is 13.3. The van der Waals surface area contributed by atoms with Gasteiger partial charge in [0.2, 0.25) is 0 Å². The summed E-state index contributed by atoms with van der Waals surface area (Å²) in [5.74, 6) is -0.944. The van der Waals surface area contributed by atoms with Gasteiger partial charge in [-0.15, -0.1) is 0 Å². The highest BCUT2D eigenvalue weighted by molar-refractivity contribution is 6.31. The SMILES string of the molecule is CO[C@@H]1[C@H](N(C)CC(=O)O)C[C@H]2O[C@]1(C)n1c3ccccc3c3c4c(c5c6ccccc6n2c5c31)C(=O)NC4. The average Bonchev–Trinajstić information content (AvgIpc) is 3.55. The van der Waals surface area contributed by atoms with E-state index in [4.69, 9.17) is 9.47 Å². The van der Waals surface area contributed by atoms with Crippen molar-refractivity contribution in [1.29, 1.82) is 0 Å². The highest BCUT2D eigenvalue weighted by atomic mass is 16.6. The molecule has 3 aliphatic rings. The van der Waals surface area contributed by atoms with E-state index in [2.05, 4.69) is 45.6 Å². The largest absolute Gasteiger partial charge is 0.480 e. The number of para-hydroxylation sites is 2. The van der Waals surface area contributed by atoms with Crippen molar-refractivity contribution in [1.82, 2.24) is 19.4 Å². The normalized spacial score (nSPS) is 25.7. The zero-order valence-electron chi connectivity index (χ0n) is 21.9. The molecule has 1 fully saturated rings. The number of carbonyl (C=O) groups excluding carboxylic acids is 1. The number of fused-ring (bicyclic) bond motifs is 13. The predicted octanol–water partition coefficient (Wildman–Crippen LogP) is 4.15. The lowest BCUT2D eigenvalue weighted by Crippen LogP contribution is -2.61. The standard InChI is InChI=1S/C30H28N4O5/c1-30-28(38-3)20(32(2)14-22(35)36)12-21(39-30)33-18-10-6-4-8-15(18)24-25-17(13-31-29(25)37)23-16-9-5-7-11-19(16)34(30)27(23)26(24)33/h4-11,20-21,28H,12-14H2,1-3H3,(H,31,37)(H,35,36)/t20-,21-,28-,30+/m1/s1. The van der Waals surface area contributed by atoms with Crippen LogP contribution in [-0.4, -0.2) is 63.9 Å². The summed E-state index contributed by atoms with van der Waals surface area (Å²) in [7, 11) is 3.51. The summed E-state index contributed by atoms with van der Waals surface area (Å²) in [6.45, 7) is 2.41. The Labute approximate surface area is 223 Å². The number of nitrogens with one attached hydrogen (secondary N) is 1. The maximum atomic E-state index is 13.4. The Hall–Kier alpha value is -3.92. The first kappa shape index (κ1) is 23.0. The van der Waals surface area contributed by atoms with Crippen LogP contribution in [0.25, 0.3) is 43.6 Å². The number of carboxylic acid groups (broad SMARTS) is 1. The second-order valence-corrected chi connectivity index (χ2v) is 11.1. The van der Waals surface area contributed by atoms with Crippen molar-refractivity contribution < 1.29 is 24.2 Å². The summed E-state index contributed by atoms with van der Waals surface area (Å²) in [6, 6.07) is 16.2. The third-order valence-electron chi connectivity index (χ3n) is 9.15. The van der Waals surface area contributed by atoms with E-state index in [1.165, 1.54) is 0 Å². The van der Waals surface area contributed by atoms with Gasteiger partial charge in [-0.3, -0.25) is 14.5 Å². The number of ether oxygens (including phenoxy) is 2. The van der Waals surface area contributed by atoms with Gasteiger partial charge in [0.25, 0.3) is 5.91 Å². The summed E-state index contributed by atoms with van der Waals surface area (Å²) in [5, 5.41) is 16.8. The maximum absolute atomic E-state index is 13.4. The molecule has 0 spiro atoms. The minimum absolute atomic E-state index is 0.0557. The number of aromatic nitrogens is 2. The van der Waals surface area contributed by atoms with Gasteiger partial charge in [0.05, 0.1) is 34.2 Å². The number of nitrogens with zero attached hydrogens (tertiary/aromatic N) is 3. The zero-order valence-corrected chi connectivity index (χ0v) is 21.9. The number of carboxylic acids is 1. The highest BCUT2D eigenvalue weighted by Gasteiger charge is 2.54. The quantitative estimate of drug-likeness (QED) is 0.367. The fraction of sp³-hybridized carbons (Fsp3) is 0.333. The summed E-state index contributed by atoms with van der Waals surface area (Å²) < 4.78 is 17.8. The number of benzene rings is 3. The molecule has 0 unspecified atom stereocenters. The number of rotatable bonds is 4. The summed E-state index contributed by atoms with van der Waals surface area (Å²) >= 11 is 0. The Balaban J connectivity index is 1.61. The third-order valence-corrected chi connectivity index (χ3v) is 9.15. The van der Waals surface area contributed by atoms with Gasteiger partial charge in [0.15, 0.2) is 5.72 Å². The molecule has 5 heterocycles. The van der Waals surface area contributed by atoms with Crippen LogP contribution in [0.3, 0.4) is 0 Å². The lowest BCUT2D eigenvalue weighted by atomic mass is 9.91. The fourth-order valence-corrected chi connectivity index (χ4v) is 7.77. The van der Waals surface area contributed by atoms with E-state index in [-0.39, 0.29) is 18.5 Å². The predicted molar refractivity (Wildman–Crippen MR) is 147 cm³/mol. The molecule has 2 aromatic heterocycles. The van der Waals surface area contributed by atoms with Gasteiger partial charge in [-0.2, -0.15) is 0 Å². The Morgan fingerprint density at radius 3 is 2.54 bits per heavy atom. The molecule has 0 saturated carbocycles. The molecule has 2 bridgehead atoms. The van der Waals surface area contributed by atoms with Crippen molar-refractivity contribution in [2.75, 3.05) is 20.7 Å². The lowest BCUT2D eigenvalue weighted by molar-refractivity contribution is -0.267. The van der Waals surface area contributed by atoms with E-state index in [0.717, 1.165) is 54.7 Å². The zero-order chi connectivity index (χ0) is 26.8. The van der Waals surface area contributed by atoms with Crippen molar-refractivity contribution >= 4 is 55.5 Å². The van der Waals surface area contributed by atoms with Crippen LogP contribution in [-0.2, 0) is 26.5 Å². The average molecular weight is 525 g/mol. The summed E-state index contributed by atoms with van der Waals surface area (Å²) in [4.78, 5) is 27.1.